The Balaban J connectivity index is 1.68. The molecule has 2 heterocycles. The predicted molar refractivity (Wildman–Crippen MR) is 97.8 cm³/mol. The fraction of sp³-hybridized carbons (Fsp3) is 0.263. The topological polar surface area (TPSA) is 81.9 Å². The Labute approximate surface area is 152 Å². The summed E-state index contributed by atoms with van der Waals surface area (Å²) < 4.78 is 7.09. The highest BCUT2D eigenvalue weighted by Crippen LogP contribution is 2.19. The van der Waals surface area contributed by atoms with Crippen molar-refractivity contribution >= 4 is 5.91 Å². The van der Waals surface area contributed by atoms with Gasteiger partial charge in [0.25, 0.3) is 5.91 Å². The maximum atomic E-state index is 12.5. The summed E-state index contributed by atoms with van der Waals surface area (Å²) in [6.07, 6.45) is 3.59. The molecule has 0 bridgehead atoms. The molecule has 1 atom stereocenters. The van der Waals surface area contributed by atoms with Crippen molar-refractivity contribution in [2.24, 2.45) is 0 Å². The van der Waals surface area contributed by atoms with Crippen LogP contribution in [0, 0.1) is 0 Å². The summed E-state index contributed by atoms with van der Waals surface area (Å²) in [4.78, 5) is 12.5. The summed E-state index contributed by atoms with van der Waals surface area (Å²) in [5, 5.41) is 15.3. The smallest absolute Gasteiger partial charge is 0.251 e. The van der Waals surface area contributed by atoms with Crippen molar-refractivity contribution in [2.45, 2.75) is 26.4 Å². The zero-order valence-corrected chi connectivity index (χ0v) is 14.8. The number of benzene rings is 1. The van der Waals surface area contributed by atoms with Crippen LogP contribution in [0.2, 0.25) is 0 Å². The fourth-order valence-electron chi connectivity index (χ4n) is 2.56. The van der Waals surface area contributed by atoms with E-state index in [2.05, 4.69) is 20.6 Å². The minimum absolute atomic E-state index is 0.0451. The molecule has 0 saturated carbocycles. The molecule has 134 valence electrons. The van der Waals surface area contributed by atoms with Crippen LogP contribution in [0.25, 0.3) is 11.3 Å². The number of hydrogen-bond acceptors (Lipinski definition) is 5. The molecule has 2 aromatic heterocycles. The molecular formula is C19H21N5O2. The summed E-state index contributed by atoms with van der Waals surface area (Å²) >= 11 is 0. The van der Waals surface area contributed by atoms with Crippen LogP contribution in [0.4, 0.5) is 0 Å². The second-order valence-electron chi connectivity index (χ2n) is 5.87. The van der Waals surface area contributed by atoms with Gasteiger partial charge in [-0.3, -0.25) is 9.48 Å². The molecule has 0 spiro atoms. The fourth-order valence-corrected chi connectivity index (χ4v) is 2.56. The maximum Gasteiger partial charge on any atom is 0.251 e. The summed E-state index contributed by atoms with van der Waals surface area (Å²) in [5.41, 5.74) is 2.09. The molecule has 26 heavy (non-hydrogen) atoms. The predicted octanol–water partition coefficient (Wildman–Crippen LogP) is 2.56. The monoisotopic (exact) mass is 351 g/mol. The van der Waals surface area contributed by atoms with Crippen LogP contribution in [0.15, 0.2) is 54.9 Å². The number of hydrogen-bond donors (Lipinski definition) is 1. The van der Waals surface area contributed by atoms with Gasteiger partial charge in [0.2, 0.25) is 5.88 Å². The number of amides is 1. The summed E-state index contributed by atoms with van der Waals surface area (Å²) in [6.45, 7) is 5.00. The van der Waals surface area contributed by atoms with Gasteiger partial charge in [-0.05, 0) is 38.1 Å². The summed E-state index contributed by atoms with van der Waals surface area (Å²) in [7, 11) is 0. The molecule has 3 rings (SSSR count). The summed E-state index contributed by atoms with van der Waals surface area (Å²) in [5.74, 6) is 0.350. The first kappa shape index (κ1) is 17.6. The minimum Gasteiger partial charge on any atom is -0.477 e. The number of rotatable bonds is 7. The third-order valence-corrected chi connectivity index (χ3v) is 3.75. The summed E-state index contributed by atoms with van der Waals surface area (Å²) in [6, 6.07) is 12.7. The van der Waals surface area contributed by atoms with E-state index < -0.39 is 0 Å². The van der Waals surface area contributed by atoms with Gasteiger partial charge in [0.1, 0.15) is 0 Å². The van der Waals surface area contributed by atoms with E-state index in [0.29, 0.717) is 30.3 Å². The van der Waals surface area contributed by atoms with E-state index in [0.717, 1.165) is 5.56 Å². The highest BCUT2D eigenvalue weighted by Gasteiger charge is 2.12. The second-order valence-corrected chi connectivity index (χ2v) is 5.87. The van der Waals surface area contributed by atoms with E-state index in [1.54, 1.807) is 29.1 Å². The van der Waals surface area contributed by atoms with Crippen molar-refractivity contribution in [1.29, 1.82) is 0 Å². The van der Waals surface area contributed by atoms with Crippen LogP contribution in [-0.4, -0.2) is 38.5 Å². The lowest BCUT2D eigenvalue weighted by molar-refractivity contribution is 0.0936. The quantitative estimate of drug-likeness (QED) is 0.707. The lowest BCUT2D eigenvalue weighted by Gasteiger charge is -2.14. The SMILES string of the molecule is CCOc1ccc(-c2cccc(C(=O)NC(C)Cn3cccn3)c2)nn1. The van der Waals surface area contributed by atoms with Crippen LogP contribution < -0.4 is 10.1 Å². The van der Waals surface area contributed by atoms with Crippen molar-refractivity contribution in [3.05, 3.63) is 60.4 Å². The largest absolute Gasteiger partial charge is 0.477 e. The van der Waals surface area contributed by atoms with Gasteiger partial charge in [-0.15, -0.1) is 10.2 Å². The van der Waals surface area contributed by atoms with Crippen molar-refractivity contribution in [2.75, 3.05) is 6.61 Å². The van der Waals surface area contributed by atoms with Crippen LogP contribution in [0.1, 0.15) is 24.2 Å². The first-order valence-corrected chi connectivity index (χ1v) is 8.51. The zero-order chi connectivity index (χ0) is 18.4. The molecule has 0 fully saturated rings. The molecule has 1 N–H and O–H groups in total. The van der Waals surface area contributed by atoms with Gasteiger partial charge in [0.05, 0.1) is 18.8 Å². The number of nitrogens with zero attached hydrogens (tertiary/aromatic N) is 4. The van der Waals surface area contributed by atoms with Gasteiger partial charge in [0, 0.05) is 35.6 Å². The molecule has 1 unspecified atom stereocenters. The highest BCUT2D eigenvalue weighted by molar-refractivity contribution is 5.95. The van der Waals surface area contributed by atoms with Crippen molar-refractivity contribution in [3.8, 4) is 17.1 Å². The van der Waals surface area contributed by atoms with Crippen LogP contribution in [0.3, 0.4) is 0 Å². The standard InChI is InChI=1S/C19H21N5O2/c1-3-26-18-9-8-17(22-23-18)15-6-4-7-16(12-15)19(25)21-14(2)13-24-11-5-10-20-24/h4-12,14H,3,13H2,1-2H3,(H,21,25). The van der Waals surface area contributed by atoms with E-state index in [4.69, 9.17) is 4.74 Å². The molecule has 0 aliphatic heterocycles. The van der Waals surface area contributed by atoms with Crippen LogP contribution >= 0.6 is 0 Å². The first-order chi connectivity index (χ1) is 12.7. The highest BCUT2D eigenvalue weighted by atomic mass is 16.5. The number of carbonyl (C=O) groups is 1. The van der Waals surface area contributed by atoms with Gasteiger partial charge >= 0.3 is 0 Å². The molecule has 0 radical (unpaired) electrons. The Kier molecular flexibility index (Phi) is 5.58. The van der Waals surface area contributed by atoms with E-state index in [-0.39, 0.29) is 11.9 Å². The number of carbonyl (C=O) groups excluding carboxylic acids is 1. The lowest BCUT2D eigenvalue weighted by Crippen LogP contribution is -2.35. The number of ether oxygens (including phenoxy) is 1. The molecule has 3 aromatic rings. The molecule has 1 amide bonds. The van der Waals surface area contributed by atoms with E-state index in [9.17, 15) is 4.79 Å². The van der Waals surface area contributed by atoms with Gasteiger partial charge in [-0.1, -0.05) is 12.1 Å². The third-order valence-electron chi connectivity index (χ3n) is 3.75. The van der Waals surface area contributed by atoms with Crippen molar-refractivity contribution in [1.82, 2.24) is 25.3 Å². The minimum atomic E-state index is -0.134. The Hall–Kier alpha value is -3.22. The van der Waals surface area contributed by atoms with Crippen LogP contribution in [0.5, 0.6) is 5.88 Å². The van der Waals surface area contributed by atoms with E-state index in [1.807, 2.05) is 44.3 Å². The molecule has 0 aliphatic carbocycles. The average molecular weight is 351 g/mol. The van der Waals surface area contributed by atoms with Crippen molar-refractivity contribution < 1.29 is 9.53 Å². The second kappa shape index (κ2) is 8.24. The van der Waals surface area contributed by atoms with Crippen molar-refractivity contribution in [3.63, 3.8) is 0 Å². The zero-order valence-electron chi connectivity index (χ0n) is 14.8. The van der Waals surface area contributed by atoms with E-state index in [1.165, 1.54) is 0 Å². The first-order valence-electron chi connectivity index (χ1n) is 8.51. The van der Waals surface area contributed by atoms with E-state index >= 15 is 0 Å². The van der Waals surface area contributed by atoms with Gasteiger partial charge in [-0.25, -0.2) is 0 Å². The van der Waals surface area contributed by atoms with Gasteiger partial charge in [0.15, 0.2) is 0 Å². The molecule has 0 aliphatic rings. The maximum absolute atomic E-state index is 12.5. The Morgan fingerprint density at radius 1 is 1.23 bits per heavy atom. The molecular weight excluding hydrogens is 330 g/mol. The van der Waals surface area contributed by atoms with Gasteiger partial charge in [-0.2, -0.15) is 5.10 Å². The molecule has 0 saturated heterocycles. The van der Waals surface area contributed by atoms with Crippen LogP contribution in [-0.2, 0) is 6.54 Å². The molecule has 7 nitrogen and oxygen atoms in total. The Morgan fingerprint density at radius 2 is 2.12 bits per heavy atom. The molecule has 1 aromatic carbocycles. The third kappa shape index (κ3) is 4.44. The lowest BCUT2D eigenvalue weighted by atomic mass is 10.1. The molecule has 7 heteroatoms. The Bertz CT molecular complexity index is 847. The Morgan fingerprint density at radius 3 is 2.81 bits per heavy atom. The average Bonchev–Trinajstić information content (AvgIpc) is 3.15. The number of aromatic nitrogens is 4. The van der Waals surface area contributed by atoms with Gasteiger partial charge < -0.3 is 10.1 Å². The number of nitrogens with one attached hydrogen (secondary N) is 1. The normalized spacial score (nSPS) is 11.8.